The Morgan fingerprint density at radius 3 is 2.93 bits per heavy atom. The molecule has 7 nitrogen and oxygen atoms in total. The Morgan fingerprint density at radius 1 is 1.52 bits per heavy atom. The molecule has 27 heavy (non-hydrogen) atoms. The second kappa shape index (κ2) is 8.04. The number of rotatable bonds is 5. The molecule has 0 atom stereocenters. The molecule has 2 aromatic rings. The van der Waals surface area contributed by atoms with E-state index in [-0.39, 0.29) is 21.7 Å². The molecule has 0 saturated carbocycles. The van der Waals surface area contributed by atoms with Gasteiger partial charge in [0.05, 0.1) is 16.6 Å². The SMILES string of the molecule is CCOC(=O)c1c(NS(=O)(=O)c2cnc(Cl)c(Br)c2)sc2c1CCN(C)C2. The summed E-state index contributed by atoms with van der Waals surface area (Å²) in [6.07, 6.45) is 1.83. The molecule has 0 saturated heterocycles. The lowest BCUT2D eigenvalue weighted by atomic mass is 10.0. The lowest BCUT2D eigenvalue weighted by Crippen LogP contribution is -2.26. The van der Waals surface area contributed by atoms with Crippen molar-refractivity contribution in [2.75, 3.05) is 24.9 Å². The van der Waals surface area contributed by atoms with Crippen LogP contribution in [0.2, 0.25) is 5.15 Å². The van der Waals surface area contributed by atoms with Gasteiger partial charge >= 0.3 is 5.97 Å². The zero-order valence-corrected chi connectivity index (χ0v) is 18.6. The van der Waals surface area contributed by atoms with Crippen LogP contribution in [0.1, 0.15) is 27.7 Å². The summed E-state index contributed by atoms with van der Waals surface area (Å²) in [5, 5.41) is 0.426. The number of hydrogen-bond donors (Lipinski definition) is 1. The molecule has 146 valence electrons. The summed E-state index contributed by atoms with van der Waals surface area (Å²) in [6.45, 7) is 3.37. The first kappa shape index (κ1) is 20.5. The zero-order chi connectivity index (χ0) is 19.8. The van der Waals surface area contributed by atoms with E-state index in [0.717, 1.165) is 17.0 Å². The van der Waals surface area contributed by atoms with Crippen LogP contribution in [0.15, 0.2) is 21.6 Å². The predicted molar refractivity (Wildman–Crippen MR) is 108 cm³/mol. The second-order valence-electron chi connectivity index (χ2n) is 5.97. The topological polar surface area (TPSA) is 88.6 Å². The number of nitrogens with zero attached hydrogens (tertiary/aromatic N) is 2. The first-order valence-corrected chi connectivity index (χ1v) is 11.5. The van der Waals surface area contributed by atoms with Crippen LogP contribution in [0.4, 0.5) is 5.00 Å². The van der Waals surface area contributed by atoms with Gasteiger partial charge in [-0.1, -0.05) is 11.6 Å². The minimum absolute atomic E-state index is 0.0583. The van der Waals surface area contributed by atoms with Crippen LogP contribution < -0.4 is 4.72 Å². The molecule has 0 aliphatic carbocycles. The summed E-state index contributed by atoms with van der Waals surface area (Å²) in [7, 11) is -1.97. The lowest BCUT2D eigenvalue weighted by molar-refractivity contribution is 0.0526. The Hall–Kier alpha value is -1.20. The molecule has 1 aliphatic rings. The molecule has 0 fully saturated rings. The van der Waals surface area contributed by atoms with E-state index < -0.39 is 16.0 Å². The number of ether oxygens (including phenoxy) is 1. The number of aromatic nitrogens is 1. The predicted octanol–water partition coefficient (Wildman–Crippen LogP) is 3.52. The van der Waals surface area contributed by atoms with Gasteiger partial charge in [0.1, 0.15) is 15.0 Å². The first-order chi connectivity index (χ1) is 12.7. The summed E-state index contributed by atoms with van der Waals surface area (Å²) >= 11 is 10.3. The molecule has 11 heteroatoms. The zero-order valence-electron chi connectivity index (χ0n) is 14.6. The molecule has 2 aromatic heterocycles. The number of pyridine rings is 1. The van der Waals surface area contributed by atoms with Gasteiger partial charge in [-0.25, -0.2) is 18.2 Å². The van der Waals surface area contributed by atoms with Gasteiger partial charge in [0, 0.05) is 24.2 Å². The van der Waals surface area contributed by atoms with Crippen molar-refractivity contribution in [2.45, 2.75) is 24.8 Å². The van der Waals surface area contributed by atoms with Crippen molar-refractivity contribution in [3.8, 4) is 0 Å². The number of esters is 1. The number of fused-ring (bicyclic) bond motifs is 1. The number of anilines is 1. The van der Waals surface area contributed by atoms with Crippen LogP contribution >= 0.6 is 38.9 Å². The van der Waals surface area contributed by atoms with Crippen LogP contribution in [-0.4, -0.2) is 44.5 Å². The van der Waals surface area contributed by atoms with E-state index in [4.69, 9.17) is 16.3 Å². The minimum Gasteiger partial charge on any atom is -0.462 e. The maximum Gasteiger partial charge on any atom is 0.341 e. The van der Waals surface area contributed by atoms with E-state index in [1.165, 1.54) is 23.6 Å². The summed E-state index contributed by atoms with van der Waals surface area (Å²) in [6, 6.07) is 1.36. The Morgan fingerprint density at radius 2 is 2.26 bits per heavy atom. The first-order valence-electron chi connectivity index (χ1n) is 8.07. The third-order valence-electron chi connectivity index (χ3n) is 4.04. The number of thiophene rings is 1. The van der Waals surface area contributed by atoms with Gasteiger partial charge in [0.2, 0.25) is 0 Å². The highest BCUT2D eigenvalue weighted by molar-refractivity contribution is 9.10. The van der Waals surface area contributed by atoms with E-state index in [9.17, 15) is 13.2 Å². The minimum atomic E-state index is -3.95. The summed E-state index contributed by atoms with van der Waals surface area (Å²) in [4.78, 5) is 19.4. The van der Waals surface area contributed by atoms with Crippen LogP contribution in [-0.2, 0) is 27.7 Å². The van der Waals surface area contributed by atoms with Crippen molar-refractivity contribution < 1.29 is 17.9 Å². The summed E-state index contributed by atoms with van der Waals surface area (Å²) < 4.78 is 33.7. The second-order valence-corrected chi connectivity index (χ2v) is 9.97. The number of sulfonamides is 1. The Balaban J connectivity index is 2.02. The van der Waals surface area contributed by atoms with E-state index in [2.05, 4.69) is 30.5 Å². The average molecular weight is 495 g/mol. The molecule has 0 bridgehead atoms. The highest BCUT2D eigenvalue weighted by Gasteiger charge is 2.30. The number of nitrogens with one attached hydrogen (secondary N) is 1. The van der Waals surface area contributed by atoms with Gasteiger partial charge in [0.15, 0.2) is 0 Å². The van der Waals surface area contributed by atoms with Gasteiger partial charge < -0.3 is 9.64 Å². The van der Waals surface area contributed by atoms with Crippen LogP contribution in [0, 0.1) is 0 Å². The highest BCUT2D eigenvalue weighted by atomic mass is 79.9. The fourth-order valence-corrected chi connectivity index (χ4v) is 5.95. The molecule has 1 aliphatic heterocycles. The Labute approximate surface area is 174 Å². The Kier molecular flexibility index (Phi) is 6.11. The molecular weight excluding hydrogens is 478 g/mol. The maximum atomic E-state index is 12.8. The van der Waals surface area contributed by atoms with Crippen LogP contribution in [0.5, 0.6) is 0 Å². The van der Waals surface area contributed by atoms with Gasteiger partial charge in [-0.3, -0.25) is 4.72 Å². The largest absolute Gasteiger partial charge is 0.462 e. The molecule has 0 amide bonds. The van der Waals surface area contributed by atoms with E-state index >= 15 is 0 Å². The number of hydrogen-bond acceptors (Lipinski definition) is 7. The maximum absolute atomic E-state index is 12.8. The fourth-order valence-electron chi connectivity index (χ4n) is 2.75. The number of likely N-dealkylation sites (N-methyl/N-ethyl adjacent to an activating group) is 1. The molecule has 0 spiro atoms. The van der Waals surface area contributed by atoms with Crippen molar-refractivity contribution >= 4 is 59.9 Å². The Bertz CT molecular complexity index is 994. The van der Waals surface area contributed by atoms with Gasteiger partial charge in [-0.15, -0.1) is 11.3 Å². The van der Waals surface area contributed by atoms with Crippen molar-refractivity contribution in [3.05, 3.63) is 37.9 Å². The number of carbonyl (C=O) groups is 1. The number of halogens is 2. The third-order valence-corrected chi connectivity index (χ3v) is 7.75. The van der Waals surface area contributed by atoms with Gasteiger partial charge in [0.25, 0.3) is 10.0 Å². The molecule has 0 aromatic carbocycles. The standard InChI is InChI=1S/C16H17BrClN3O4S2/c1-3-25-16(22)13-10-4-5-21(2)8-12(10)26-15(13)20-27(23,24)9-6-11(17)14(18)19-7-9/h6-7,20H,3-5,8H2,1-2H3. The van der Waals surface area contributed by atoms with Crippen molar-refractivity contribution in [1.29, 1.82) is 0 Å². The molecule has 3 rings (SSSR count). The van der Waals surface area contributed by atoms with Gasteiger partial charge in [-0.05, 0) is 48.0 Å². The molecule has 3 heterocycles. The van der Waals surface area contributed by atoms with Crippen LogP contribution in [0.25, 0.3) is 0 Å². The summed E-state index contributed by atoms with van der Waals surface area (Å²) in [5.74, 6) is -0.521. The highest BCUT2D eigenvalue weighted by Crippen LogP contribution is 2.38. The average Bonchev–Trinajstić information content (AvgIpc) is 2.93. The van der Waals surface area contributed by atoms with Crippen molar-refractivity contribution in [1.82, 2.24) is 9.88 Å². The molecular formula is C16H17BrClN3O4S2. The molecule has 0 radical (unpaired) electrons. The van der Waals surface area contributed by atoms with Gasteiger partial charge in [-0.2, -0.15) is 0 Å². The van der Waals surface area contributed by atoms with Crippen molar-refractivity contribution in [3.63, 3.8) is 0 Å². The molecule has 0 unspecified atom stereocenters. The quantitative estimate of drug-likeness (QED) is 0.505. The van der Waals surface area contributed by atoms with E-state index in [1.807, 2.05) is 7.05 Å². The summed E-state index contributed by atoms with van der Waals surface area (Å²) in [5.41, 5.74) is 1.15. The van der Waals surface area contributed by atoms with E-state index in [1.54, 1.807) is 6.92 Å². The van der Waals surface area contributed by atoms with E-state index in [0.29, 0.717) is 23.0 Å². The third kappa shape index (κ3) is 4.29. The fraction of sp³-hybridized carbons (Fsp3) is 0.375. The molecule has 1 N–H and O–H groups in total. The smallest absolute Gasteiger partial charge is 0.341 e. The monoisotopic (exact) mass is 493 g/mol. The lowest BCUT2D eigenvalue weighted by Gasteiger charge is -2.22. The van der Waals surface area contributed by atoms with Crippen molar-refractivity contribution in [2.24, 2.45) is 0 Å². The van der Waals surface area contributed by atoms with Crippen LogP contribution in [0.3, 0.4) is 0 Å². The number of carbonyl (C=O) groups excluding carboxylic acids is 1. The normalized spacial score (nSPS) is 14.7.